The third-order valence-corrected chi connectivity index (χ3v) is 3.50. The summed E-state index contributed by atoms with van der Waals surface area (Å²) in [6.07, 6.45) is 3.35. The Bertz CT molecular complexity index is 539. The third kappa shape index (κ3) is 5.06. The van der Waals surface area contributed by atoms with E-state index in [-0.39, 0.29) is 19.1 Å². The molecule has 5 heteroatoms. The Morgan fingerprint density at radius 3 is 2.73 bits per heavy atom. The van der Waals surface area contributed by atoms with Gasteiger partial charge in [-0.1, -0.05) is 19.9 Å². The van der Waals surface area contributed by atoms with Crippen molar-refractivity contribution in [2.45, 2.75) is 33.1 Å². The van der Waals surface area contributed by atoms with Crippen LogP contribution in [0.3, 0.4) is 0 Å². The van der Waals surface area contributed by atoms with Gasteiger partial charge in [0.15, 0.2) is 13.2 Å². The fraction of sp³-hybridized carbons (Fsp3) is 0.529. The Hall–Kier alpha value is -2.04. The lowest BCUT2D eigenvalue weighted by Crippen LogP contribution is -2.32. The Morgan fingerprint density at radius 2 is 1.95 bits per heavy atom. The SMILES string of the molecule is CC(C)CNC(=O)COC(=O)COc1ccc2c(c1)CCC2. The van der Waals surface area contributed by atoms with Crippen LogP contribution in [0.25, 0.3) is 0 Å². The minimum Gasteiger partial charge on any atom is -0.482 e. The van der Waals surface area contributed by atoms with Crippen LogP contribution in [0.2, 0.25) is 0 Å². The van der Waals surface area contributed by atoms with Gasteiger partial charge in [-0.25, -0.2) is 4.79 Å². The highest BCUT2D eigenvalue weighted by molar-refractivity contribution is 5.80. The fourth-order valence-electron chi connectivity index (χ4n) is 2.34. The zero-order valence-electron chi connectivity index (χ0n) is 13.2. The van der Waals surface area contributed by atoms with Crippen molar-refractivity contribution in [3.63, 3.8) is 0 Å². The van der Waals surface area contributed by atoms with Gasteiger partial charge in [-0.15, -0.1) is 0 Å². The molecule has 1 aromatic carbocycles. The van der Waals surface area contributed by atoms with Gasteiger partial charge in [0.1, 0.15) is 5.75 Å². The largest absolute Gasteiger partial charge is 0.482 e. The Labute approximate surface area is 131 Å². The minimum absolute atomic E-state index is 0.184. The lowest BCUT2D eigenvalue weighted by atomic mass is 10.1. The summed E-state index contributed by atoms with van der Waals surface area (Å²) in [4.78, 5) is 23.0. The van der Waals surface area contributed by atoms with Crippen molar-refractivity contribution in [2.75, 3.05) is 19.8 Å². The van der Waals surface area contributed by atoms with E-state index in [2.05, 4.69) is 5.32 Å². The van der Waals surface area contributed by atoms with Gasteiger partial charge in [-0.3, -0.25) is 4.79 Å². The van der Waals surface area contributed by atoms with Crippen molar-refractivity contribution in [2.24, 2.45) is 5.92 Å². The van der Waals surface area contributed by atoms with E-state index in [1.807, 2.05) is 32.0 Å². The maximum Gasteiger partial charge on any atom is 0.344 e. The van der Waals surface area contributed by atoms with Crippen LogP contribution in [0.4, 0.5) is 0 Å². The molecule has 0 atom stereocenters. The van der Waals surface area contributed by atoms with Gasteiger partial charge in [0.25, 0.3) is 5.91 Å². The molecule has 1 aliphatic carbocycles. The summed E-state index contributed by atoms with van der Waals surface area (Å²) in [5, 5.41) is 2.68. The Kier molecular flexibility index (Phi) is 5.81. The quantitative estimate of drug-likeness (QED) is 0.781. The topological polar surface area (TPSA) is 64.6 Å². The molecule has 22 heavy (non-hydrogen) atoms. The molecule has 120 valence electrons. The summed E-state index contributed by atoms with van der Waals surface area (Å²) < 4.78 is 10.3. The molecule has 0 heterocycles. The molecule has 1 aliphatic rings. The Balaban J connectivity index is 1.68. The van der Waals surface area contributed by atoms with E-state index >= 15 is 0 Å². The second-order valence-electron chi connectivity index (χ2n) is 5.93. The summed E-state index contributed by atoms with van der Waals surface area (Å²) in [6, 6.07) is 5.89. The molecular formula is C17H23NO4. The van der Waals surface area contributed by atoms with Crippen LogP contribution in [0, 0.1) is 5.92 Å². The van der Waals surface area contributed by atoms with Gasteiger partial charge >= 0.3 is 5.97 Å². The molecule has 0 saturated heterocycles. The van der Waals surface area contributed by atoms with E-state index in [1.54, 1.807) is 0 Å². The molecule has 0 spiro atoms. The van der Waals surface area contributed by atoms with E-state index < -0.39 is 5.97 Å². The molecule has 0 radical (unpaired) electrons. The molecule has 0 aliphatic heterocycles. The lowest BCUT2D eigenvalue weighted by Gasteiger charge is -2.09. The van der Waals surface area contributed by atoms with Crippen LogP contribution < -0.4 is 10.1 Å². The van der Waals surface area contributed by atoms with Crippen LogP contribution in [-0.4, -0.2) is 31.6 Å². The van der Waals surface area contributed by atoms with Gasteiger partial charge in [0.05, 0.1) is 0 Å². The van der Waals surface area contributed by atoms with Crippen LogP contribution in [0.15, 0.2) is 18.2 Å². The summed E-state index contributed by atoms with van der Waals surface area (Å²) in [5.74, 6) is 0.199. The van der Waals surface area contributed by atoms with E-state index in [0.717, 1.165) is 12.8 Å². The summed E-state index contributed by atoms with van der Waals surface area (Å²) >= 11 is 0. The predicted octanol–water partition coefficient (Wildman–Crippen LogP) is 1.87. The van der Waals surface area contributed by atoms with E-state index in [4.69, 9.17) is 9.47 Å². The molecule has 5 nitrogen and oxygen atoms in total. The molecule has 1 amide bonds. The normalized spacial score (nSPS) is 12.9. The molecule has 0 unspecified atom stereocenters. The number of amides is 1. The van der Waals surface area contributed by atoms with E-state index in [1.165, 1.54) is 17.5 Å². The average Bonchev–Trinajstić information content (AvgIpc) is 2.96. The van der Waals surface area contributed by atoms with Crippen LogP contribution >= 0.6 is 0 Å². The van der Waals surface area contributed by atoms with Crippen molar-refractivity contribution in [3.05, 3.63) is 29.3 Å². The zero-order chi connectivity index (χ0) is 15.9. The predicted molar refractivity (Wildman–Crippen MR) is 82.8 cm³/mol. The molecular weight excluding hydrogens is 282 g/mol. The summed E-state index contributed by atoms with van der Waals surface area (Å²) in [6.45, 7) is 4.12. The van der Waals surface area contributed by atoms with E-state index in [0.29, 0.717) is 18.2 Å². The van der Waals surface area contributed by atoms with Crippen molar-refractivity contribution >= 4 is 11.9 Å². The summed E-state index contributed by atoms with van der Waals surface area (Å²) in [5.41, 5.74) is 2.65. The second-order valence-corrected chi connectivity index (χ2v) is 5.93. The first-order valence-corrected chi connectivity index (χ1v) is 7.71. The van der Waals surface area contributed by atoms with Crippen molar-refractivity contribution in [1.29, 1.82) is 0 Å². The minimum atomic E-state index is -0.541. The van der Waals surface area contributed by atoms with Gasteiger partial charge in [-0.2, -0.15) is 0 Å². The number of esters is 1. The summed E-state index contributed by atoms with van der Waals surface area (Å²) in [7, 11) is 0. The molecule has 0 fully saturated rings. The first-order valence-electron chi connectivity index (χ1n) is 7.71. The second kappa shape index (κ2) is 7.82. The molecule has 0 bridgehead atoms. The number of rotatable bonds is 7. The zero-order valence-corrected chi connectivity index (χ0v) is 13.2. The van der Waals surface area contributed by atoms with Gasteiger partial charge < -0.3 is 14.8 Å². The first-order chi connectivity index (χ1) is 10.5. The van der Waals surface area contributed by atoms with E-state index in [9.17, 15) is 9.59 Å². The maximum absolute atomic E-state index is 11.6. The molecule has 2 rings (SSSR count). The lowest BCUT2D eigenvalue weighted by molar-refractivity contribution is -0.150. The number of aryl methyl sites for hydroxylation is 2. The average molecular weight is 305 g/mol. The number of carbonyl (C=O) groups is 2. The number of fused-ring (bicyclic) bond motifs is 1. The number of nitrogens with one attached hydrogen (secondary N) is 1. The maximum atomic E-state index is 11.6. The van der Waals surface area contributed by atoms with Crippen LogP contribution in [0.1, 0.15) is 31.4 Å². The number of benzene rings is 1. The highest BCUT2D eigenvalue weighted by Gasteiger charge is 2.13. The Morgan fingerprint density at radius 1 is 1.18 bits per heavy atom. The third-order valence-electron chi connectivity index (χ3n) is 3.50. The molecule has 1 N–H and O–H groups in total. The molecule has 0 saturated carbocycles. The van der Waals surface area contributed by atoms with Crippen LogP contribution in [0.5, 0.6) is 5.75 Å². The number of carbonyl (C=O) groups excluding carboxylic acids is 2. The number of hydrogen-bond donors (Lipinski definition) is 1. The highest BCUT2D eigenvalue weighted by Crippen LogP contribution is 2.25. The van der Waals surface area contributed by atoms with Gasteiger partial charge in [0, 0.05) is 6.54 Å². The van der Waals surface area contributed by atoms with Gasteiger partial charge in [-0.05, 0) is 48.4 Å². The molecule has 1 aromatic rings. The molecule has 0 aromatic heterocycles. The number of ether oxygens (including phenoxy) is 2. The van der Waals surface area contributed by atoms with Crippen LogP contribution in [-0.2, 0) is 27.2 Å². The van der Waals surface area contributed by atoms with Gasteiger partial charge in [0.2, 0.25) is 0 Å². The smallest absolute Gasteiger partial charge is 0.344 e. The first kappa shape index (κ1) is 16.3. The monoisotopic (exact) mass is 305 g/mol. The van der Waals surface area contributed by atoms with Crippen molar-refractivity contribution in [3.8, 4) is 5.75 Å². The van der Waals surface area contributed by atoms with Crippen molar-refractivity contribution < 1.29 is 19.1 Å². The number of hydrogen-bond acceptors (Lipinski definition) is 4. The van der Waals surface area contributed by atoms with Crippen molar-refractivity contribution in [1.82, 2.24) is 5.32 Å². The highest BCUT2D eigenvalue weighted by atomic mass is 16.6. The standard InChI is InChI=1S/C17H23NO4/c1-12(2)9-18-16(19)10-22-17(20)11-21-15-7-6-13-4-3-5-14(13)8-15/h6-8,12H,3-5,9-11H2,1-2H3,(H,18,19). The fourth-order valence-corrected chi connectivity index (χ4v) is 2.34.